The summed E-state index contributed by atoms with van der Waals surface area (Å²) in [4.78, 5) is 35.0. The van der Waals surface area contributed by atoms with Gasteiger partial charge in [0.15, 0.2) is 5.71 Å². The lowest BCUT2D eigenvalue weighted by Crippen LogP contribution is -2.11. The molecule has 0 amide bonds. The number of carboxylic acids is 2. The van der Waals surface area contributed by atoms with Crippen LogP contribution in [0, 0.1) is 0 Å². The first-order valence-corrected chi connectivity index (χ1v) is 7.32. The predicted molar refractivity (Wildman–Crippen MR) is 89.7 cm³/mol. The Bertz CT molecular complexity index is 592. The Morgan fingerprint density at radius 3 is 2.08 bits per heavy atom. The summed E-state index contributed by atoms with van der Waals surface area (Å²) in [5.74, 6) is -3.12. The second kappa shape index (κ2) is 12.6. The van der Waals surface area contributed by atoms with E-state index in [1.54, 1.807) is 13.0 Å². The van der Waals surface area contributed by atoms with Crippen molar-refractivity contribution in [3.05, 3.63) is 42.0 Å². The summed E-state index contributed by atoms with van der Waals surface area (Å²) < 4.78 is 0. The fourth-order valence-electron chi connectivity index (χ4n) is 1.31. The van der Waals surface area contributed by atoms with Gasteiger partial charge in [-0.15, -0.1) is 0 Å². The molecule has 0 saturated carbocycles. The third kappa shape index (κ3) is 9.88. The van der Waals surface area contributed by atoms with Crippen LogP contribution in [0.1, 0.15) is 32.3 Å². The molecule has 0 fully saturated rings. The molecule has 0 aromatic heterocycles. The van der Waals surface area contributed by atoms with Gasteiger partial charge in [0, 0.05) is 6.42 Å². The standard InChI is InChI=1S/C13H15NO3.C4H6O3/c1-2-12(13(15)16)14-17-10-6-9-11-7-4-3-5-8-11;1-2-3(5)4(6)7/h3-9H,2,10H2,1H3,(H,15,16);2H2,1H3,(H,6,7)/b9-6+,14-12-;. The minimum Gasteiger partial charge on any atom is -0.477 e. The molecule has 1 aromatic rings. The van der Waals surface area contributed by atoms with E-state index in [0.29, 0.717) is 6.42 Å². The largest absolute Gasteiger partial charge is 0.477 e. The SMILES string of the molecule is CC/C(=N/OC/C=C/c1ccccc1)C(=O)O.CCC(=O)C(=O)O. The van der Waals surface area contributed by atoms with Gasteiger partial charge in [0.05, 0.1) is 0 Å². The maximum atomic E-state index is 10.6. The number of carbonyl (C=O) groups is 3. The number of Topliss-reactive ketones (excluding diaryl/α,β-unsaturated/α-hetero) is 1. The van der Waals surface area contributed by atoms with Gasteiger partial charge < -0.3 is 15.1 Å². The van der Waals surface area contributed by atoms with Crippen molar-refractivity contribution >= 4 is 29.5 Å². The van der Waals surface area contributed by atoms with E-state index >= 15 is 0 Å². The summed E-state index contributed by atoms with van der Waals surface area (Å²) in [6.07, 6.45) is 4.10. The smallest absolute Gasteiger partial charge is 0.372 e. The maximum Gasteiger partial charge on any atom is 0.372 e. The molecule has 7 heteroatoms. The molecule has 1 rings (SSSR count). The number of nitrogens with zero attached hydrogens (tertiary/aromatic N) is 1. The lowest BCUT2D eigenvalue weighted by Gasteiger charge is -1.97. The summed E-state index contributed by atoms with van der Waals surface area (Å²) in [5, 5.41) is 20.1. The summed E-state index contributed by atoms with van der Waals surface area (Å²) >= 11 is 0. The van der Waals surface area contributed by atoms with E-state index in [4.69, 9.17) is 15.1 Å². The lowest BCUT2D eigenvalue weighted by molar-refractivity contribution is -0.148. The van der Waals surface area contributed by atoms with Crippen LogP contribution in [-0.4, -0.2) is 40.3 Å². The predicted octanol–water partition coefficient (Wildman–Crippen LogP) is 2.62. The molecule has 0 saturated heterocycles. The molecule has 0 radical (unpaired) electrons. The number of carbonyl (C=O) groups excluding carboxylic acids is 1. The molecule has 24 heavy (non-hydrogen) atoms. The molecular formula is C17H21NO6. The minimum atomic E-state index is -1.34. The van der Waals surface area contributed by atoms with Gasteiger partial charge in [0.2, 0.25) is 5.78 Å². The second-order valence-corrected chi connectivity index (χ2v) is 4.39. The van der Waals surface area contributed by atoms with E-state index in [-0.39, 0.29) is 18.7 Å². The van der Waals surface area contributed by atoms with Gasteiger partial charge >= 0.3 is 11.9 Å². The first-order valence-electron chi connectivity index (χ1n) is 7.32. The van der Waals surface area contributed by atoms with E-state index in [9.17, 15) is 14.4 Å². The zero-order valence-corrected chi connectivity index (χ0v) is 13.6. The van der Waals surface area contributed by atoms with E-state index in [0.717, 1.165) is 5.56 Å². The molecular weight excluding hydrogens is 314 g/mol. The van der Waals surface area contributed by atoms with Crippen molar-refractivity contribution in [3.8, 4) is 0 Å². The van der Waals surface area contributed by atoms with Crippen LogP contribution in [0.5, 0.6) is 0 Å². The molecule has 0 unspecified atom stereocenters. The van der Waals surface area contributed by atoms with Gasteiger partial charge in [-0.1, -0.05) is 55.4 Å². The van der Waals surface area contributed by atoms with E-state index < -0.39 is 17.7 Å². The third-order valence-electron chi connectivity index (χ3n) is 2.60. The first kappa shape index (κ1) is 21.0. The second-order valence-electron chi connectivity index (χ2n) is 4.39. The normalized spacial score (nSPS) is 10.7. The Hall–Kier alpha value is -2.96. The Balaban J connectivity index is 0.000000640. The van der Waals surface area contributed by atoms with Gasteiger partial charge in [0.1, 0.15) is 6.61 Å². The zero-order chi connectivity index (χ0) is 18.4. The Kier molecular flexibility index (Phi) is 11.0. The van der Waals surface area contributed by atoms with E-state index in [1.807, 2.05) is 36.4 Å². The van der Waals surface area contributed by atoms with Crippen molar-refractivity contribution in [3.63, 3.8) is 0 Å². The van der Waals surface area contributed by atoms with Gasteiger partial charge in [-0.25, -0.2) is 9.59 Å². The molecule has 0 aliphatic rings. The Morgan fingerprint density at radius 1 is 1.04 bits per heavy atom. The monoisotopic (exact) mass is 335 g/mol. The number of carboxylic acid groups (broad SMARTS) is 2. The van der Waals surface area contributed by atoms with Crippen molar-refractivity contribution in [2.75, 3.05) is 6.61 Å². The number of ketones is 1. The zero-order valence-electron chi connectivity index (χ0n) is 13.6. The van der Waals surface area contributed by atoms with Crippen LogP contribution in [0.2, 0.25) is 0 Å². The molecule has 1 aromatic carbocycles. The highest BCUT2D eigenvalue weighted by atomic mass is 16.6. The minimum absolute atomic E-state index is 0.0260. The highest BCUT2D eigenvalue weighted by Crippen LogP contribution is 2.00. The Labute approximate surface area is 140 Å². The number of benzene rings is 1. The fraction of sp³-hybridized carbons (Fsp3) is 0.294. The summed E-state index contributed by atoms with van der Waals surface area (Å²) in [7, 11) is 0. The maximum absolute atomic E-state index is 10.6. The molecule has 0 aliphatic heterocycles. The summed E-state index contributed by atoms with van der Waals surface area (Å²) in [6.45, 7) is 3.48. The number of rotatable bonds is 8. The molecule has 0 aliphatic carbocycles. The molecule has 7 nitrogen and oxygen atoms in total. The average Bonchev–Trinajstić information content (AvgIpc) is 2.58. The number of hydrogen-bond acceptors (Lipinski definition) is 5. The van der Waals surface area contributed by atoms with Crippen molar-refractivity contribution in [2.45, 2.75) is 26.7 Å². The van der Waals surface area contributed by atoms with E-state index in [1.165, 1.54) is 6.92 Å². The third-order valence-corrected chi connectivity index (χ3v) is 2.60. The molecule has 0 spiro atoms. The lowest BCUT2D eigenvalue weighted by atomic mass is 10.2. The van der Waals surface area contributed by atoms with Crippen molar-refractivity contribution in [1.29, 1.82) is 0 Å². The van der Waals surface area contributed by atoms with Gasteiger partial charge in [-0.2, -0.15) is 0 Å². The highest BCUT2D eigenvalue weighted by molar-refractivity contribution is 6.35. The van der Waals surface area contributed by atoms with E-state index in [2.05, 4.69) is 5.16 Å². The van der Waals surface area contributed by atoms with Crippen LogP contribution in [0.15, 0.2) is 41.6 Å². The molecule has 2 N–H and O–H groups in total. The molecule has 0 atom stereocenters. The van der Waals surface area contributed by atoms with Gasteiger partial charge in [-0.05, 0) is 18.1 Å². The molecule has 0 heterocycles. The average molecular weight is 335 g/mol. The summed E-state index contributed by atoms with van der Waals surface area (Å²) in [6, 6.07) is 9.76. The first-order chi connectivity index (χ1) is 11.4. The van der Waals surface area contributed by atoms with Crippen molar-refractivity contribution in [2.24, 2.45) is 5.16 Å². The molecule has 130 valence electrons. The fourth-order valence-corrected chi connectivity index (χ4v) is 1.31. The van der Waals surface area contributed by atoms with Crippen molar-refractivity contribution < 1.29 is 29.4 Å². The number of hydrogen-bond donors (Lipinski definition) is 2. The van der Waals surface area contributed by atoms with Crippen LogP contribution in [0.3, 0.4) is 0 Å². The molecule has 0 bridgehead atoms. The number of oxime groups is 1. The van der Waals surface area contributed by atoms with Crippen LogP contribution >= 0.6 is 0 Å². The van der Waals surface area contributed by atoms with Crippen LogP contribution in [0.4, 0.5) is 0 Å². The van der Waals surface area contributed by atoms with Gasteiger partial charge in [0.25, 0.3) is 0 Å². The van der Waals surface area contributed by atoms with Crippen LogP contribution < -0.4 is 0 Å². The van der Waals surface area contributed by atoms with Crippen LogP contribution in [-0.2, 0) is 19.2 Å². The number of aliphatic carboxylic acids is 2. The topological polar surface area (TPSA) is 113 Å². The van der Waals surface area contributed by atoms with Crippen LogP contribution in [0.25, 0.3) is 6.08 Å². The quantitative estimate of drug-likeness (QED) is 0.327. The van der Waals surface area contributed by atoms with Gasteiger partial charge in [-0.3, -0.25) is 4.79 Å². The summed E-state index contributed by atoms with van der Waals surface area (Å²) in [5.41, 5.74) is 1.09. The van der Waals surface area contributed by atoms with Crippen molar-refractivity contribution in [1.82, 2.24) is 0 Å². The Morgan fingerprint density at radius 2 is 1.67 bits per heavy atom. The highest BCUT2D eigenvalue weighted by Gasteiger charge is 2.06.